The van der Waals surface area contributed by atoms with Crippen molar-refractivity contribution in [3.63, 3.8) is 0 Å². The Morgan fingerprint density at radius 3 is 2.43 bits per heavy atom. The third-order valence-electron chi connectivity index (χ3n) is 7.46. The Morgan fingerprint density at radius 2 is 1.81 bits per heavy atom. The first-order chi connectivity index (χ1) is 19.6. The van der Waals surface area contributed by atoms with Gasteiger partial charge in [-0.3, -0.25) is 24.2 Å². The van der Waals surface area contributed by atoms with E-state index in [2.05, 4.69) is 21.0 Å². The van der Waals surface area contributed by atoms with Crippen molar-refractivity contribution in [2.45, 2.75) is 85.5 Å². The fourth-order valence-electron chi connectivity index (χ4n) is 4.80. The predicted octanol–water partition coefficient (Wildman–Crippen LogP) is 2.86. The van der Waals surface area contributed by atoms with E-state index in [1.54, 1.807) is 40.7 Å². The number of aromatic nitrogens is 1. The number of aliphatic hydroxyl groups excluding tert-OH is 1. The van der Waals surface area contributed by atoms with Gasteiger partial charge in [-0.05, 0) is 76.6 Å². The summed E-state index contributed by atoms with van der Waals surface area (Å²) in [4.78, 5) is 55.3. The summed E-state index contributed by atoms with van der Waals surface area (Å²) < 4.78 is 0. The second kappa shape index (κ2) is 13.4. The van der Waals surface area contributed by atoms with E-state index in [1.807, 2.05) is 37.3 Å². The van der Waals surface area contributed by atoms with E-state index in [4.69, 9.17) is 0 Å². The van der Waals surface area contributed by atoms with Crippen LogP contribution in [0.2, 0.25) is 0 Å². The molecule has 1 aromatic carbocycles. The minimum atomic E-state index is -1.04. The zero-order valence-corrected chi connectivity index (χ0v) is 25.4. The van der Waals surface area contributed by atoms with E-state index >= 15 is 0 Å². The fraction of sp³-hybridized carbons (Fsp3) is 0.516. The van der Waals surface area contributed by atoms with Gasteiger partial charge in [0.2, 0.25) is 11.8 Å². The molecule has 0 unspecified atom stereocenters. The van der Waals surface area contributed by atoms with Gasteiger partial charge in [0.05, 0.1) is 22.7 Å². The monoisotopic (exact) mass is 581 g/mol. The number of hydrogen-bond donors (Lipinski definition) is 5. The zero-order valence-electron chi connectivity index (χ0n) is 25.4. The Labute approximate surface area is 246 Å². The van der Waals surface area contributed by atoms with Gasteiger partial charge in [-0.1, -0.05) is 38.1 Å². The molecule has 0 radical (unpaired) electrons. The van der Waals surface area contributed by atoms with Crippen molar-refractivity contribution in [1.82, 2.24) is 26.1 Å². The molecule has 0 saturated carbocycles. The maximum absolute atomic E-state index is 13.3. The fourth-order valence-corrected chi connectivity index (χ4v) is 4.80. The summed E-state index contributed by atoms with van der Waals surface area (Å²) in [7, 11) is 0. The number of nitrogens with zero attached hydrogens (tertiary/aromatic N) is 2. The molecule has 2 aromatic rings. The van der Waals surface area contributed by atoms with Gasteiger partial charge in [0.1, 0.15) is 18.1 Å². The molecule has 4 atom stereocenters. The molecule has 1 aliphatic rings. The lowest BCUT2D eigenvalue weighted by Crippen LogP contribution is -2.61. The van der Waals surface area contributed by atoms with E-state index in [1.165, 1.54) is 11.9 Å². The lowest BCUT2D eigenvalue weighted by Gasteiger charge is -2.34. The van der Waals surface area contributed by atoms with Crippen molar-refractivity contribution in [3.8, 4) is 0 Å². The van der Waals surface area contributed by atoms with Crippen LogP contribution in [0.5, 0.6) is 0 Å². The molecule has 0 spiro atoms. The Balaban J connectivity index is 1.68. The van der Waals surface area contributed by atoms with Crippen LogP contribution in [0.25, 0.3) is 17.0 Å². The molecule has 0 aliphatic carbocycles. The van der Waals surface area contributed by atoms with Crippen molar-refractivity contribution in [2.75, 3.05) is 6.54 Å². The van der Waals surface area contributed by atoms with Gasteiger partial charge in [-0.2, -0.15) is 0 Å². The summed E-state index contributed by atoms with van der Waals surface area (Å²) in [6.45, 7) is 12.5. The van der Waals surface area contributed by atoms with Crippen molar-refractivity contribution < 1.29 is 29.4 Å². The summed E-state index contributed by atoms with van der Waals surface area (Å²) in [6.07, 6.45) is 3.84. The molecule has 11 nitrogen and oxygen atoms in total. The standard InChI is InChI=1S/C31H43N5O6/c1-17(2)25(27(38)32-19(4)28(39)36-14-8-9-23(35-36)29(40)41)34-30(42)31(6,7)13-12-21-10-11-22-15-18(3)26(20(5)37)33-24(22)16-21/h10-13,15-17,19-20,23,25,35,37H,8-9,14H2,1-7H3,(H,32,38)(H,34,42)(H,40,41)/t19-,20+,23-,25-/m0/s1. The molecule has 11 heteroatoms. The third-order valence-corrected chi connectivity index (χ3v) is 7.46. The molecule has 42 heavy (non-hydrogen) atoms. The normalized spacial score (nSPS) is 18.1. The van der Waals surface area contributed by atoms with Gasteiger partial charge in [0.25, 0.3) is 5.91 Å². The number of benzene rings is 1. The van der Waals surface area contributed by atoms with Gasteiger partial charge >= 0.3 is 5.97 Å². The van der Waals surface area contributed by atoms with E-state index in [0.717, 1.165) is 22.0 Å². The molecule has 5 N–H and O–H groups in total. The van der Waals surface area contributed by atoms with Crippen molar-refractivity contribution in [2.24, 2.45) is 11.3 Å². The number of carbonyl (C=O) groups is 4. The van der Waals surface area contributed by atoms with Crippen molar-refractivity contribution in [1.29, 1.82) is 0 Å². The number of rotatable bonds is 10. The van der Waals surface area contributed by atoms with E-state index in [0.29, 0.717) is 25.1 Å². The SMILES string of the molecule is Cc1cc2ccc(C=CC(C)(C)C(=O)N[C@H](C(=O)N[C@@H](C)C(=O)N3CCC[C@@H](C(=O)O)N3)C(C)C)cc2nc1[C@@H](C)O. The summed E-state index contributed by atoms with van der Waals surface area (Å²) in [5, 5.41) is 27.0. The maximum Gasteiger partial charge on any atom is 0.322 e. The number of carboxylic acids is 1. The number of amides is 3. The number of aliphatic carboxylic acids is 1. The molecule has 2 heterocycles. The smallest absolute Gasteiger partial charge is 0.322 e. The predicted molar refractivity (Wildman–Crippen MR) is 160 cm³/mol. The van der Waals surface area contributed by atoms with Crippen LogP contribution in [-0.4, -0.2) is 68.6 Å². The van der Waals surface area contributed by atoms with Crippen LogP contribution in [-0.2, 0) is 19.2 Å². The number of pyridine rings is 1. The minimum Gasteiger partial charge on any atom is -0.480 e. The first-order valence-electron chi connectivity index (χ1n) is 14.3. The highest BCUT2D eigenvalue weighted by Gasteiger charge is 2.34. The molecular formula is C31H43N5O6. The number of aliphatic hydroxyl groups is 1. The highest BCUT2D eigenvalue weighted by Crippen LogP contribution is 2.24. The number of carboxylic acid groups (broad SMARTS) is 1. The number of hydrogen-bond acceptors (Lipinski definition) is 7. The molecule has 3 rings (SSSR count). The highest BCUT2D eigenvalue weighted by molar-refractivity contribution is 5.94. The van der Waals surface area contributed by atoms with Gasteiger partial charge in [0.15, 0.2) is 0 Å². The Kier molecular flexibility index (Phi) is 10.5. The van der Waals surface area contributed by atoms with Crippen LogP contribution in [0.1, 0.15) is 77.3 Å². The lowest BCUT2D eigenvalue weighted by molar-refractivity contribution is -0.148. The second-order valence-corrected chi connectivity index (χ2v) is 12.0. The second-order valence-electron chi connectivity index (χ2n) is 12.0. The van der Waals surface area contributed by atoms with Crippen LogP contribution >= 0.6 is 0 Å². The molecule has 0 bridgehead atoms. The number of fused-ring (bicyclic) bond motifs is 1. The molecule has 3 amide bonds. The van der Waals surface area contributed by atoms with E-state index in [-0.39, 0.29) is 11.8 Å². The number of nitrogens with one attached hydrogen (secondary N) is 3. The van der Waals surface area contributed by atoms with E-state index in [9.17, 15) is 29.4 Å². The lowest BCUT2D eigenvalue weighted by atomic mass is 9.89. The quantitative estimate of drug-likeness (QED) is 0.286. The van der Waals surface area contributed by atoms with Crippen LogP contribution in [0.15, 0.2) is 30.3 Å². The van der Waals surface area contributed by atoms with Gasteiger partial charge in [-0.25, -0.2) is 10.4 Å². The van der Waals surface area contributed by atoms with Gasteiger partial charge < -0.3 is 20.8 Å². The third kappa shape index (κ3) is 7.92. The van der Waals surface area contributed by atoms with Crippen molar-refractivity contribution >= 4 is 40.7 Å². The van der Waals surface area contributed by atoms with Crippen LogP contribution in [0, 0.1) is 18.3 Å². The Morgan fingerprint density at radius 1 is 1.12 bits per heavy atom. The topological polar surface area (TPSA) is 161 Å². The average molecular weight is 582 g/mol. The molecule has 228 valence electrons. The van der Waals surface area contributed by atoms with Crippen molar-refractivity contribution in [3.05, 3.63) is 47.2 Å². The Bertz CT molecular complexity index is 1370. The van der Waals surface area contributed by atoms with Gasteiger partial charge in [0, 0.05) is 11.9 Å². The average Bonchev–Trinajstić information content (AvgIpc) is 2.93. The number of hydrazine groups is 1. The number of aryl methyl sites for hydroxylation is 1. The number of carbonyl (C=O) groups excluding carboxylic acids is 3. The zero-order chi connectivity index (χ0) is 31.4. The summed E-state index contributed by atoms with van der Waals surface area (Å²) >= 11 is 0. The molecule has 1 fully saturated rings. The Hall–Kier alpha value is -3.83. The molecule has 1 aromatic heterocycles. The summed E-state index contributed by atoms with van der Waals surface area (Å²) in [5.41, 5.74) is 4.83. The molecular weight excluding hydrogens is 538 g/mol. The molecule has 1 saturated heterocycles. The van der Waals surface area contributed by atoms with E-state index < -0.39 is 47.4 Å². The van der Waals surface area contributed by atoms with Crippen LogP contribution < -0.4 is 16.1 Å². The first-order valence-corrected chi connectivity index (χ1v) is 14.3. The maximum atomic E-state index is 13.3. The van der Waals surface area contributed by atoms with Crippen LogP contribution in [0.4, 0.5) is 0 Å². The minimum absolute atomic E-state index is 0.265. The highest BCUT2D eigenvalue weighted by atomic mass is 16.4. The molecule has 1 aliphatic heterocycles. The summed E-state index contributed by atoms with van der Waals surface area (Å²) in [5.74, 6) is -2.62. The van der Waals surface area contributed by atoms with Crippen LogP contribution in [0.3, 0.4) is 0 Å². The summed E-state index contributed by atoms with van der Waals surface area (Å²) in [6, 6.07) is 5.06. The van der Waals surface area contributed by atoms with Gasteiger partial charge in [-0.15, -0.1) is 0 Å². The first kappa shape index (κ1) is 32.7. The largest absolute Gasteiger partial charge is 0.480 e.